The quantitative estimate of drug-likeness (QED) is 0.755. The molecule has 0 aliphatic heterocycles. The summed E-state index contributed by atoms with van der Waals surface area (Å²) in [5, 5.41) is 0.609. The van der Waals surface area contributed by atoms with Gasteiger partial charge in [-0.3, -0.25) is 20.4 Å². The Hall–Kier alpha value is -2.64. The maximum Gasteiger partial charge on any atom is 0.269 e. The number of benzene rings is 2. The number of rotatable bonds is 5. The summed E-state index contributed by atoms with van der Waals surface area (Å²) in [5.41, 5.74) is 4.99. The van der Waals surface area contributed by atoms with Crippen LogP contribution < -0.4 is 25.1 Å². The zero-order valence-corrected chi connectivity index (χ0v) is 15.7. The molecule has 0 heterocycles. The predicted octanol–water partition coefficient (Wildman–Crippen LogP) is 3.09. The number of ether oxygens (including phenoxy) is 3. The highest BCUT2D eigenvalue weighted by Gasteiger charge is 2.17. The van der Waals surface area contributed by atoms with Gasteiger partial charge in [-0.2, -0.15) is 0 Å². The summed E-state index contributed by atoms with van der Waals surface area (Å²) in [6.45, 7) is 0. The molecule has 0 radical (unpaired) electrons. The SMILES string of the molecule is COc1cc(C(=O)NNC(=O)c2cc(Cl)cc(Cl)c2)cc(OC)c1OC. The largest absolute Gasteiger partial charge is 0.493 e. The number of hydrazine groups is 1. The Morgan fingerprint density at radius 2 is 1.15 bits per heavy atom. The number of amides is 2. The van der Waals surface area contributed by atoms with E-state index in [-0.39, 0.29) is 11.1 Å². The average Bonchev–Trinajstić information content (AvgIpc) is 2.63. The van der Waals surface area contributed by atoms with Gasteiger partial charge in [0.2, 0.25) is 5.75 Å². The van der Waals surface area contributed by atoms with Crippen molar-refractivity contribution in [2.75, 3.05) is 21.3 Å². The summed E-state index contributed by atoms with van der Waals surface area (Å²) in [7, 11) is 4.32. The minimum atomic E-state index is -0.578. The molecule has 2 rings (SSSR count). The zero-order valence-electron chi connectivity index (χ0n) is 14.2. The smallest absolute Gasteiger partial charge is 0.269 e. The Kier molecular flexibility index (Phi) is 6.54. The summed E-state index contributed by atoms with van der Waals surface area (Å²) in [4.78, 5) is 24.4. The van der Waals surface area contributed by atoms with Crippen LogP contribution in [0.1, 0.15) is 20.7 Å². The summed E-state index contributed by atoms with van der Waals surface area (Å²) < 4.78 is 15.6. The van der Waals surface area contributed by atoms with Crippen molar-refractivity contribution in [1.29, 1.82) is 0 Å². The van der Waals surface area contributed by atoms with Crippen LogP contribution >= 0.6 is 23.2 Å². The molecule has 0 bridgehead atoms. The molecule has 2 amide bonds. The molecule has 0 spiro atoms. The van der Waals surface area contributed by atoms with E-state index in [1.807, 2.05) is 0 Å². The Bertz CT molecular complexity index is 797. The molecule has 0 aromatic heterocycles. The maximum atomic E-state index is 12.3. The summed E-state index contributed by atoms with van der Waals surface area (Å²) in [6, 6.07) is 7.26. The predicted molar refractivity (Wildman–Crippen MR) is 97.5 cm³/mol. The van der Waals surface area contributed by atoms with E-state index in [0.29, 0.717) is 27.3 Å². The Morgan fingerprint density at radius 3 is 1.54 bits per heavy atom. The van der Waals surface area contributed by atoms with Crippen molar-refractivity contribution in [1.82, 2.24) is 10.9 Å². The Morgan fingerprint density at radius 1 is 0.731 bits per heavy atom. The van der Waals surface area contributed by atoms with Gasteiger partial charge in [-0.05, 0) is 30.3 Å². The van der Waals surface area contributed by atoms with Crippen LogP contribution in [-0.4, -0.2) is 33.1 Å². The van der Waals surface area contributed by atoms with Gasteiger partial charge in [0, 0.05) is 21.2 Å². The van der Waals surface area contributed by atoms with Crippen LogP contribution in [0.15, 0.2) is 30.3 Å². The summed E-state index contributed by atoms with van der Waals surface area (Å²) >= 11 is 11.7. The lowest BCUT2D eigenvalue weighted by Crippen LogP contribution is -2.41. The van der Waals surface area contributed by atoms with Crippen molar-refractivity contribution < 1.29 is 23.8 Å². The molecule has 0 fully saturated rings. The topological polar surface area (TPSA) is 85.9 Å². The number of carbonyl (C=O) groups is 2. The van der Waals surface area contributed by atoms with E-state index in [4.69, 9.17) is 37.4 Å². The Balaban J connectivity index is 2.16. The van der Waals surface area contributed by atoms with Crippen LogP contribution in [-0.2, 0) is 0 Å². The number of carbonyl (C=O) groups excluding carboxylic acids is 2. The van der Waals surface area contributed by atoms with E-state index >= 15 is 0 Å². The molecule has 0 atom stereocenters. The van der Waals surface area contributed by atoms with Crippen LogP contribution in [0, 0.1) is 0 Å². The van der Waals surface area contributed by atoms with E-state index in [2.05, 4.69) is 10.9 Å². The number of methoxy groups -OCH3 is 3. The van der Waals surface area contributed by atoms with E-state index in [9.17, 15) is 9.59 Å². The van der Waals surface area contributed by atoms with Crippen molar-refractivity contribution in [3.63, 3.8) is 0 Å². The van der Waals surface area contributed by atoms with Crippen molar-refractivity contribution in [2.45, 2.75) is 0 Å². The minimum Gasteiger partial charge on any atom is -0.493 e. The fraction of sp³-hybridized carbons (Fsp3) is 0.176. The number of halogens is 2. The maximum absolute atomic E-state index is 12.3. The van der Waals surface area contributed by atoms with Gasteiger partial charge in [-0.25, -0.2) is 0 Å². The first kappa shape index (κ1) is 19.7. The normalized spacial score (nSPS) is 10.0. The third-order valence-electron chi connectivity index (χ3n) is 3.34. The molecule has 26 heavy (non-hydrogen) atoms. The minimum absolute atomic E-state index is 0.198. The lowest BCUT2D eigenvalue weighted by Gasteiger charge is -2.14. The second-order valence-electron chi connectivity index (χ2n) is 4.98. The third kappa shape index (κ3) is 4.50. The first-order chi connectivity index (χ1) is 12.4. The molecular weight excluding hydrogens is 383 g/mol. The van der Waals surface area contributed by atoms with Gasteiger partial charge in [0.1, 0.15) is 0 Å². The number of hydrogen-bond donors (Lipinski definition) is 2. The van der Waals surface area contributed by atoms with Gasteiger partial charge in [0.25, 0.3) is 11.8 Å². The molecule has 7 nitrogen and oxygen atoms in total. The van der Waals surface area contributed by atoms with Crippen molar-refractivity contribution in [3.05, 3.63) is 51.5 Å². The summed E-state index contributed by atoms with van der Waals surface area (Å²) in [5.74, 6) is -0.181. The molecule has 0 unspecified atom stereocenters. The second kappa shape index (κ2) is 8.64. The van der Waals surface area contributed by atoms with Crippen molar-refractivity contribution in [2.24, 2.45) is 0 Å². The second-order valence-corrected chi connectivity index (χ2v) is 5.85. The van der Waals surface area contributed by atoms with Crippen molar-refractivity contribution >= 4 is 35.0 Å². The summed E-state index contributed by atoms with van der Waals surface area (Å²) in [6.07, 6.45) is 0. The van der Waals surface area contributed by atoms with Crippen molar-refractivity contribution in [3.8, 4) is 17.2 Å². The third-order valence-corrected chi connectivity index (χ3v) is 3.78. The highest BCUT2D eigenvalue weighted by atomic mass is 35.5. The lowest BCUT2D eigenvalue weighted by atomic mass is 10.1. The van der Waals surface area contributed by atoms with Gasteiger partial charge < -0.3 is 14.2 Å². The molecule has 0 saturated heterocycles. The highest BCUT2D eigenvalue weighted by Crippen LogP contribution is 2.38. The van der Waals surface area contributed by atoms with Crippen LogP contribution in [0.3, 0.4) is 0 Å². The van der Waals surface area contributed by atoms with Gasteiger partial charge in [0.05, 0.1) is 21.3 Å². The molecule has 138 valence electrons. The number of nitrogens with one attached hydrogen (secondary N) is 2. The molecule has 0 aliphatic carbocycles. The molecule has 9 heteroatoms. The molecule has 0 saturated carbocycles. The standard InChI is InChI=1S/C17H16Cl2N2O5/c1-24-13-6-10(7-14(25-2)15(13)26-3)17(23)21-20-16(22)9-4-11(18)8-12(19)5-9/h4-8H,1-3H3,(H,20,22)(H,21,23). The molecule has 2 aromatic carbocycles. The first-order valence-corrected chi connectivity index (χ1v) is 8.02. The first-order valence-electron chi connectivity index (χ1n) is 7.26. The van der Waals surface area contributed by atoms with E-state index < -0.39 is 11.8 Å². The van der Waals surface area contributed by atoms with Crippen LogP contribution in [0.5, 0.6) is 17.2 Å². The van der Waals surface area contributed by atoms with Gasteiger partial charge in [-0.1, -0.05) is 23.2 Å². The van der Waals surface area contributed by atoms with E-state index in [1.54, 1.807) is 0 Å². The van der Waals surface area contributed by atoms with E-state index in [0.717, 1.165) is 0 Å². The van der Waals surface area contributed by atoms with Gasteiger partial charge in [-0.15, -0.1) is 0 Å². The monoisotopic (exact) mass is 398 g/mol. The molecular formula is C17H16Cl2N2O5. The zero-order chi connectivity index (χ0) is 19.3. The molecule has 2 N–H and O–H groups in total. The molecule has 0 aliphatic rings. The van der Waals surface area contributed by atoms with E-state index in [1.165, 1.54) is 51.7 Å². The highest BCUT2D eigenvalue weighted by molar-refractivity contribution is 6.35. The fourth-order valence-corrected chi connectivity index (χ4v) is 2.68. The lowest BCUT2D eigenvalue weighted by molar-refractivity contribution is 0.0846. The van der Waals surface area contributed by atoms with Crippen LogP contribution in [0.2, 0.25) is 10.0 Å². The Labute approximate surface area is 160 Å². The fourth-order valence-electron chi connectivity index (χ4n) is 2.15. The number of hydrogen-bond acceptors (Lipinski definition) is 5. The average molecular weight is 399 g/mol. The van der Waals surface area contributed by atoms with Crippen LogP contribution in [0.4, 0.5) is 0 Å². The van der Waals surface area contributed by atoms with Gasteiger partial charge >= 0.3 is 0 Å². The van der Waals surface area contributed by atoms with Crippen LogP contribution in [0.25, 0.3) is 0 Å². The molecule has 2 aromatic rings. The van der Waals surface area contributed by atoms with Gasteiger partial charge in [0.15, 0.2) is 11.5 Å².